The molecule has 0 aliphatic heterocycles. The molecule has 0 aliphatic rings. The molecule has 0 atom stereocenters. The van der Waals surface area contributed by atoms with E-state index < -0.39 is 0 Å². The number of aromatic amines is 1. The van der Waals surface area contributed by atoms with Crippen LogP contribution >= 0.6 is 11.8 Å². The Balaban J connectivity index is 2.31. The highest BCUT2D eigenvalue weighted by Crippen LogP contribution is 2.07. The lowest BCUT2D eigenvalue weighted by Crippen LogP contribution is -1.99. The van der Waals surface area contributed by atoms with Crippen molar-refractivity contribution in [1.82, 2.24) is 15.2 Å². The zero-order valence-corrected chi connectivity index (χ0v) is 8.02. The second-order valence-electron chi connectivity index (χ2n) is 2.51. The zero-order chi connectivity index (χ0) is 8.81. The highest BCUT2D eigenvalue weighted by molar-refractivity contribution is 7.98. The summed E-state index contributed by atoms with van der Waals surface area (Å²) in [6.45, 7) is 0.753. The van der Waals surface area contributed by atoms with E-state index in [0.29, 0.717) is 0 Å². The third-order valence-electron chi connectivity index (χ3n) is 1.56. The number of hydrogen-bond acceptors (Lipinski definition) is 4. The molecule has 0 unspecified atom stereocenters. The van der Waals surface area contributed by atoms with E-state index in [1.807, 2.05) is 6.26 Å². The molecule has 0 aromatic carbocycles. The van der Waals surface area contributed by atoms with Crippen molar-refractivity contribution in [1.29, 1.82) is 0 Å². The Morgan fingerprint density at radius 1 is 1.50 bits per heavy atom. The zero-order valence-electron chi connectivity index (χ0n) is 7.21. The molecule has 0 spiro atoms. The molecule has 0 fully saturated rings. The van der Waals surface area contributed by atoms with Gasteiger partial charge in [-0.1, -0.05) is 11.8 Å². The predicted octanol–water partition coefficient (Wildman–Crippen LogP) is 0.808. The number of aryl methyl sites for hydroxylation is 1. The second kappa shape index (κ2) is 5.16. The Bertz CT molecular complexity index is 223. The van der Waals surface area contributed by atoms with Crippen molar-refractivity contribution in [2.45, 2.75) is 24.4 Å². The summed E-state index contributed by atoms with van der Waals surface area (Å²) >= 11 is 1.55. The van der Waals surface area contributed by atoms with Crippen LogP contribution < -0.4 is 5.73 Å². The summed E-state index contributed by atoms with van der Waals surface area (Å²) in [4.78, 5) is 4.26. The standard InChI is InChI=1S/C7H14N4S/c1-12-7-9-6(10-11-7)4-2-3-5-8/h2-5,8H2,1H3,(H,9,10,11). The molecule has 1 aromatic rings. The monoisotopic (exact) mass is 186 g/mol. The summed E-state index contributed by atoms with van der Waals surface area (Å²) in [6.07, 6.45) is 5.05. The van der Waals surface area contributed by atoms with Crippen molar-refractivity contribution in [2.75, 3.05) is 12.8 Å². The Morgan fingerprint density at radius 2 is 2.33 bits per heavy atom. The number of nitrogens with two attached hydrogens (primary N) is 1. The van der Waals surface area contributed by atoms with Crippen molar-refractivity contribution >= 4 is 11.8 Å². The van der Waals surface area contributed by atoms with Gasteiger partial charge in [0.2, 0.25) is 5.16 Å². The van der Waals surface area contributed by atoms with Crippen molar-refractivity contribution in [2.24, 2.45) is 5.73 Å². The minimum atomic E-state index is 0.753. The van der Waals surface area contributed by atoms with Gasteiger partial charge in [0.1, 0.15) is 5.82 Å². The molecule has 0 radical (unpaired) electrons. The number of H-pyrrole nitrogens is 1. The highest BCUT2D eigenvalue weighted by Gasteiger charge is 1.99. The normalized spacial score (nSPS) is 10.5. The lowest BCUT2D eigenvalue weighted by atomic mass is 10.2. The van der Waals surface area contributed by atoms with Crippen molar-refractivity contribution < 1.29 is 0 Å². The Labute approximate surface area is 76.3 Å². The molecule has 12 heavy (non-hydrogen) atoms. The Morgan fingerprint density at radius 3 is 2.92 bits per heavy atom. The van der Waals surface area contributed by atoms with E-state index in [0.717, 1.165) is 36.8 Å². The lowest BCUT2D eigenvalue weighted by molar-refractivity contribution is 0.718. The highest BCUT2D eigenvalue weighted by atomic mass is 32.2. The summed E-state index contributed by atoms with van der Waals surface area (Å²) in [5.41, 5.74) is 5.37. The summed E-state index contributed by atoms with van der Waals surface area (Å²) in [7, 11) is 0. The molecule has 1 heterocycles. The van der Waals surface area contributed by atoms with Crippen LogP contribution in [0.4, 0.5) is 0 Å². The Kier molecular flexibility index (Phi) is 4.10. The minimum Gasteiger partial charge on any atom is -0.330 e. The van der Waals surface area contributed by atoms with Crippen LogP contribution in [0.5, 0.6) is 0 Å². The number of nitrogens with one attached hydrogen (secondary N) is 1. The average molecular weight is 186 g/mol. The van der Waals surface area contributed by atoms with Crippen LogP contribution in [0.3, 0.4) is 0 Å². The first kappa shape index (κ1) is 9.54. The molecular formula is C7H14N4S. The molecule has 3 N–H and O–H groups in total. The van der Waals surface area contributed by atoms with Gasteiger partial charge in [-0.15, -0.1) is 5.10 Å². The van der Waals surface area contributed by atoms with Gasteiger partial charge in [0.05, 0.1) is 0 Å². The summed E-state index contributed by atoms with van der Waals surface area (Å²) < 4.78 is 0. The van der Waals surface area contributed by atoms with Gasteiger partial charge in [-0.25, -0.2) is 4.98 Å². The third-order valence-corrected chi connectivity index (χ3v) is 2.11. The van der Waals surface area contributed by atoms with Crippen LogP contribution in [0.2, 0.25) is 0 Å². The van der Waals surface area contributed by atoms with Crippen molar-refractivity contribution in [3.05, 3.63) is 5.82 Å². The van der Waals surface area contributed by atoms with Crippen LogP contribution in [-0.4, -0.2) is 28.0 Å². The quantitative estimate of drug-likeness (QED) is 0.527. The molecule has 68 valence electrons. The topological polar surface area (TPSA) is 67.6 Å². The van der Waals surface area contributed by atoms with Crippen LogP contribution in [0, 0.1) is 0 Å². The summed E-state index contributed by atoms with van der Waals surface area (Å²) in [6, 6.07) is 0. The molecule has 0 aliphatic carbocycles. The first-order valence-corrected chi connectivity index (χ1v) is 5.24. The molecule has 0 amide bonds. The van der Waals surface area contributed by atoms with Crippen LogP contribution in [0.25, 0.3) is 0 Å². The number of nitrogens with zero attached hydrogens (tertiary/aromatic N) is 2. The second-order valence-corrected chi connectivity index (χ2v) is 3.29. The SMILES string of the molecule is CSc1n[nH]c(CCCCN)n1. The molecular weight excluding hydrogens is 172 g/mol. The van der Waals surface area contributed by atoms with Crippen molar-refractivity contribution in [3.63, 3.8) is 0 Å². The van der Waals surface area contributed by atoms with Gasteiger partial charge in [0.15, 0.2) is 0 Å². The van der Waals surface area contributed by atoms with Gasteiger partial charge in [0.25, 0.3) is 0 Å². The van der Waals surface area contributed by atoms with E-state index in [1.165, 1.54) is 0 Å². The van der Waals surface area contributed by atoms with Gasteiger partial charge in [-0.2, -0.15) is 0 Å². The maximum Gasteiger partial charge on any atom is 0.208 e. The molecule has 0 saturated heterocycles. The minimum absolute atomic E-state index is 0.753. The lowest BCUT2D eigenvalue weighted by Gasteiger charge is -1.92. The smallest absolute Gasteiger partial charge is 0.208 e. The fourth-order valence-electron chi connectivity index (χ4n) is 0.918. The van der Waals surface area contributed by atoms with Gasteiger partial charge in [0, 0.05) is 6.42 Å². The maximum atomic E-state index is 5.37. The number of aromatic nitrogens is 3. The fourth-order valence-corrected chi connectivity index (χ4v) is 1.26. The van der Waals surface area contributed by atoms with Crippen LogP contribution in [0.1, 0.15) is 18.7 Å². The molecule has 0 saturated carbocycles. The number of unbranched alkanes of at least 4 members (excludes halogenated alkanes) is 1. The largest absolute Gasteiger partial charge is 0.330 e. The fraction of sp³-hybridized carbons (Fsp3) is 0.714. The van der Waals surface area contributed by atoms with Crippen molar-refractivity contribution in [3.8, 4) is 0 Å². The molecule has 5 heteroatoms. The predicted molar refractivity (Wildman–Crippen MR) is 50.2 cm³/mol. The van der Waals surface area contributed by atoms with E-state index >= 15 is 0 Å². The molecule has 0 bridgehead atoms. The first-order valence-electron chi connectivity index (χ1n) is 4.02. The number of thioether (sulfide) groups is 1. The first-order chi connectivity index (χ1) is 5.86. The van der Waals surface area contributed by atoms with Gasteiger partial charge < -0.3 is 5.73 Å². The van der Waals surface area contributed by atoms with E-state index in [-0.39, 0.29) is 0 Å². The van der Waals surface area contributed by atoms with Crippen LogP contribution in [0.15, 0.2) is 5.16 Å². The molecule has 1 rings (SSSR count). The van der Waals surface area contributed by atoms with Gasteiger partial charge in [-0.3, -0.25) is 5.10 Å². The van der Waals surface area contributed by atoms with E-state index in [4.69, 9.17) is 5.73 Å². The molecule has 4 nitrogen and oxygen atoms in total. The van der Waals surface area contributed by atoms with E-state index in [2.05, 4.69) is 15.2 Å². The summed E-state index contributed by atoms with van der Waals surface area (Å²) in [5, 5.41) is 7.72. The number of hydrogen-bond donors (Lipinski definition) is 2. The number of rotatable bonds is 5. The van der Waals surface area contributed by atoms with E-state index in [1.54, 1.807) is 11.8 Å². The van der Waals surface area contributed by atoms with Crippen LogP contribution in [-0.2, 0) is 6.42 Å². The molecule has 1 aromatic heterocycles. The maximum absolute atomic E-state index is 5.37. The summed E-state index contributed by atoms with van der Waals surface area (Å²) in [5.74, 6) is 0.966. The van der Waals surface area contributed by atoms with Gasteiger partial charge >= 0.3 is 0 Å². The van der Waals surface area contributed by atoms with Gasteiger partial charge in [-0.05, 0) is 25.6 Å². The third kappa shape index (κ3) is 2.83. The Hall–Kier alpha value is -0.550. The van der Waals surface area contributed by atoms with E-state index in [9.17, 15) is 0 Å². The average Bonchev–Trinajstić information content (AvgIpc) is 2.53.